The first-order chi connectivity index (χ1) is 10.4. The Morgan fingerprint density at radius 3 is 2.55 bits per heavy atom. The molecule has 1 aromatic heterocycles. The van der Waals surface area contributed by atoms with E-state index >= 15 is 0 Å². The Hall–Kier alpha value is -2.57. The van der Waals surface area contributed by atoms with Crippen molar-refractivity contribution < 1.29 is 27.8 Å². The number of aromatic nitrogens is 1. The van der Waals surface area contributed by atoms with Gasteiger partial charge in [0.15, 0.2) is 0 Å². The van der Waals surface area contributed by atoms with Gasteiger partial charge in [-0.05, 0) is 23.8 Å². The normalized spacial score (nSPS) is 12.7. The van der Waals surface area contributed by atoms with Crippen molar-refractivity contribution in [3.8, 4) is 5.75 Å². The molecule has 0 aliphatic heterocycles. The van der Waals surface area contributed by atoms with Crippen molar-refractivity contribution in [2.45, 2.75) is 12.1 Å². The molecular weight excluding hydrogens is 299 g/mol. The standard InChI is InChI=1S/C15H12F3NO3/c16-15(17,18)13-6-2-1-5-11(13)12(14(20)21)9-22-10-4-3-7-19-8-10/h1-8,12H,9H2,(H,20,21). The Kier molecular flexibility index (Phi) is 4.65. The largest absolute Gasteiger partial charge is 0.491 e. The van der Waals surface area contributed by atoms with Gasteiger partial charge in [-0.2, -0.15) is 13.2 Å². The number of benzene rings is 1. The van der Waals surface area contributed by atoms with Crippen LogP contribution in [0.4, 0.5) is 13.2 Å². The van der Waals surface area contributed by atoms with Crippen LogP contribution in [0.2, 0.25) is 0 Å². The minimum Gasteiger partial charge on any atom is -0.491 e. The molecule has 0 radical (unpaired) electrons. The molecule has 0 aliphatic carbocycles. The molecule has 2 aromatic rings. The van der Waals surface area contributed by atoms with Gasteiger partial charge in [0.05, 0.1) is 11.8 Å². The summed E-state index contributed by atoms with van der Waals surface area (Å²) in [5.41, 5.74) is -1.30. The van der Waals surface area contributed by atoms with E-state index in [9.17, 15) is 23.1 Å². The maximum Gasteiger partial charge on any atom is 0.416 e. The van der Waals surface area contributed by atoms with E-state index in [1.807, 2.05) is 0 Å². The predicted molar refractivity (Wildman–Crippen MR) is 71.6 cm³/mol. The smallest absolute Gasteiger partial charge is 0.416 e. The summed E-state index contributed by atoms with van der Waals surface area (Å²) in [4.78, 5) is 15.1. The molecule has 0 amide bonds. The zero-order valence-corrected chi connectivity index (χ0v) is 11.2. The Morgan fingerprint density at radius 1 is 1.23 bits per heavy atom. The highest BCUT2D eigenvalue weighted by molar-refractivity contribution is 5.77. The number of carbonyl (C=O) groups is 1. The molecule has 0 saturated heterocycles. The Labute approximate surface area is 124 Å². The zero-order chi connectivity index (χ0) is 16.2. The van der Waals surface area contributed by atoms with Crippen molar-refractivity contribution in [2.75, 3.05) is 6.61 Å². The second-order valence-corrected chi connectivity index (χ2v) is 4.48. The summed E-state index contributed by atoms with van der Waals surface area (Å²) in [6, 6.07) is 7.71. The first kappa shape index (κ1) is 15.8. The van der Waals surface area contributed by atoms with Gasteiger partial charge in [-0.15, -0.1) is 0 Å². The lowest BCUT2D eigenvalue weighted by atomic mass is 9.94. The van der Waals surface area contributed by atoms with Gasteiger partial charge in [0, 0.05) is 6.20 Å². The lowest BCUT2D eigenvalue weighted by Crippen LogP contribution is -2.23. The average Bonchev–Trinajstić information content (AvgIpc) is 2.47. The third-order valence-corrected chi connectivity index (χ3v) is 2.99. The fourth-order valence-corrected chi connectivity index (χ4v) is 1.97. The molecular formula is C15H12F3NO3. The number of hydrogen-bond donors (Lipinski definition) is 1. The van der Waals surface area contributed by atoms with E-state index in [0.717, 1.165) is 12.1 Å². The minimum absolute atomic E-state index is 0.290. The third kappa shape index (κ3) is 3.75. The van der Waals surface area contributed by atoms with Crippen LogP contribution in [-0.4, -0.2) is 22.7 Å². The summed E-state index contributed by atoms with van der Waals surface area (Å²) in [5, 5.41) is 9.23. The molecule has 2 rings (SSSR count). The lowest BCUT2D eigenvalue weighted by molar-refractivity contribution is -0.142. The van der Waals surface area contributed by atoms with Crippen molar-refractivity contribution in [3.05, 3.63) is 59.9 Å². The van der Waals surface area contributed by atoms with Crippen LogP contribution in [0.15, 0.2) is 48.8 Å². The fourth-order valence-electron chi connectivity index (χ4n) is 1.97. The molecule has 7 heteroatoms. The van der Waals surface area contributed by atoms with Crippen molar-refractivity contribution in [1.29, 1.82) is 0 Å². The van der Waals surface area contributed by atoms with Crippen molar-refractivity contribution in [2.24, 2.45) is 0 Å². The third-order valence-electron chi connectivity index (χ3n) is 2.99. The SMILES string of the molecule is O=C(O)C(COc1cccnc1)c1ccccc1C(F)(F)F. The highest BCUT2D eigenvalue weighted by Crippen LogP contribution is 2.35. The summed E-state index contributed by atoms with van der Waals surface area (Å²) in [7, 11) is 0. The summed E-state index contributed by atoms with van der Waals surface area (Å²) in [5.74, 6) is -2.53. The molecule has 0 bridgehead atoms. The number of rotatable bonds is 5. The molecule has 1 unspecified atom stereocenters. The number of carboxylic acid groups (broad SMARTS) is 1. The fraction of sp³-hybridized carbons (Fsp3) is 0.200. The van der Waals surface area contributed by atoms with Gasteiger partial charge in [0.2, 0.25) is 0 Å². The first-order valence-electron chi connectivity index (χ1n) is 6.31. The molecule has 0 spiro atoms. The summed E-state index contributed by atoms with van der Waals surface area (Å²) < 4.78 is 44.2. The van der Waals surface area contributed by atoms with E-state index in [1.54, 1.807) is 12.1 Å². The average molecular weight is 311 g/mol. The number of halogens is 3. The van der Waals surface area contributed by atoms with Crippen LogP contribution in [0, 0.1) is 0 Å². The van der Waals surface area contributed by atoms with Gasteiger partial charge in [-0.3, -0.25) is 9.78 Å². The molecule has 4 nitrogen and oxygen atoms in total. The van der Waals surface area contributed by atoms with Crippen LogP contribution in [0.25, 0.3) is 0 Å². The van der Waals surface area contributed by atoms with Gasteiger partial charge in [-0.25, -0.2) is 0 Å². The Morgan fingerprint density at radius 2 is 1.95 bits per heavy atom. The van der Waals surface area contributed by atoms with Crippen LogP contribution in [0.5, 0.6) is 5.75 Å². The van der Waals surface area contributed by atoms with Crippen molar-refractivity contribution in [3.63, 3.8) is 0 Å². The molecule has 0 fully saturated rings. The summed E-state index contributed by atoms with van der Waals surface area (Å²) in [6.45, 7) is -0.423. The number of nitrogens with zero attached hydrogens (tertiary/aromatic N) is 1. The van der Waals surface area contributed by atoms with E-state index in [1.165, 1.54) is 24.5 Å². The van der Waals surface area contributed by atoms with Gasteiger partial charge < -0.3 is 9.84 Å². The van der Waals surface area contributed by atoms with Crippen LogP contribution in [0.3, 0.4) is 0 Å². The second-order valence-electron chi connectivity index (χ2n) is 4.48. The van der Waals surface area contributed by atoms with Crippen molar-refractivity contribution in [1.82, 2.24) is 4.98 Å². The maximum absolute atomic E-state index is 13.0. The van der Waals surface area contributed by atoms with Crippen LogP contribution >= 0.6 is 0 Å². The van der Waals surface area contributed by atoms with E-state index in [-0.39, 0.29) is 5.56 Å². The number of pyridine rings is 1. The molecule has 0 saturated carbocycles. The number of hydrogen-bond acceptors (Lipinski definition) is 3. The van der Waals surface area contributed by atoms with Crippen LogP contribution in [0.1, 0.15) is 17.0 Å². The number of carboxylic acids is 1. The Balaban J connectivity index is 2.28. The quantitative estimate of drug-likeness (QED) is 0.920. The highest BCUT2D eigenvalue weighted by Gasteiger charge is 2.37. The highest BCUT2D eigenvalue weighted by atomic mass is 19.4. The summed E-state index contributed by atoms with van der Waals surface area (Å²) >= 11 is 0. The number of alkyl halides is 3. The predicted octanol–water partition coefficient (Wildman–Crippen LogP) is 3.35. The molecule has 1 atom stereocenters. The number of ether oxygens (including phenoxy) is 1. The zero-order valence-electron chi connectivity index (χ0n) is 11.2. The first-order valence-corrected chi connectivity index (χ1v) is 6.31. The van der Waals surface area contributed by atoms with E-state index in [0.29, 0.717) is 5.75 Å². The van der Waals surface area contributed by atoms with Crippen molar-refractivity contribution >= 4 is 5.97 Å². The monoisotopic (exact) mass is 311 g/mol. The lowest BCUT2D eigenvalue weighted by Gasteiger charge is -2.18. The van der Waals surface area contributed by atoms with Gasteiger partial charge >= 0.3 is 12.1 Å². The molecule has 1 N–H and O–H groups in total. The molecule has 1 aromatic carbocycles. The van der Waals surface area contributed by atoms with E-state index in [4.69, 9.17) is 4.74 Å². The second kappa shape index (κ2) is 6.46. The molecule has 116 valence electrons. The van der Waals surface area contributed by atoms with E-state index in [2.05, 4.69) is 4.98 Å². The van der Waals surface area contributed by atoms with Gasteiger partial charge in [0.1, 0.15) is 18.3 Å². The van der Waals surface area contributed by atoms with Gasteiger partial charge in [-0.1, -0.05) is 18.2 Å². The molecule has 1 heterocycles. The molecule has 0 aliphatic rings. The van der Waals surface area contributed by atoms with Crippen LogP contribution < -0.4 is 4.74 Å². The molecule has 22 heavy (non-hydrogen) atoms. The Bertz CT molecular complexity index is 644. The van der Waals surface area contributed by atoms with Crippen LogP contribution in [-0.2, 0) is 11.0 Å². The van der Waals surface area contributed by atoms with Gasteiger partial charge in [0.25, 0.3) is 0 Å². The minimum atomic E-state index is -4.63. The summed E-state index contributed by atoms with van der Waals surface area (Å²) in [6.07, 6.45) is -1.77. The number of aliphatic carboxylic acids is 1. The maximum atomic E-state index is 13.0. The van der Waals surface area contributed by atoms with E-state index < -0.39 is 30.2 Å². The topological polar surface area (TPSA) is 59.4 Å².